The lowest BCUT2D eigenvalue weighted by Crippen LogP contribution is -2.30. The Morgan fingerprint density at radius 2 is 1.80 bits per heavy atom. The van der Waals surface area contributed by atoms with Gasteiger partial charge in [-0.05, 0) is 43.1 Å². The predicted octanol–water partition coefficient (Wildman–Crippen LogP) is 2.53. The maximum Gasteiger partial charge on any atom is 0.243 e. The second kappa shape index (κ2) is 7.76. The molecule has 0 saturated heterocycles. The summed E-state index contributed by atoms with van der Waals surface area (Å²) in [5.74, 6) is 0. The van der Waals surface area contributed by atoms with Gasteiger partial charge in [0.15, 0.2) is 0 Å². The third-order valence-electron chi connectivity index (χ3n) is 3.41. The van der Waals surface area contributed by atoms with E-state index in [9.17, 15) is 8.42 Å². The number of hydrogen-bond donors (Lipinski definition) is 1. The normalized spacial score (nSPS) is 12.1. The van der Waals surface area contributed by atoms with E-state index in [4.69, 9.17) is 0 Å². The molecular weight excluding hydrogens is 272 g/mol. The smallest absolute Gasteiger partial charge is 0.243 e. The summed E-state index contributed by atoms with van der Waals surface area (Å²) < 4.78 is 26.5. The number of nitrogens with one attached hydrogen (secondary N) is 1. The molecule has 4 nitrogen and oxygen atoms in total. The molecule has 0 aliphatic rings. The van der Waals surface area contributed by atoms with Crippen LogP contribution < -0.4 is 5.32 Å². The van der Waals surface area contributed by atoms with Crippen molar-refractivity contribution in [2.75, 3.05) is 19.6 Å². The van der Waals surface area contributed by atoms with Crippen LogP contribution >= 0.6 is 0 Å². The second-order valence-corrected chi connectivity index (χ2v) is 6.79. The van der Waals surface area contributed by atoms with Gasteiger partial charge in [-0.25, -0.2) is 8.42 Å². The number of hydrogen-bond acceptors (Lipinski definition) is 3. The maximum atomic E-state index is 12.5. The zero-order valence-electron chi connectivity index (χ0n) is 12.9. The summed E-state index contributed by atoms with van der Waals surface area (Å²) in [4.78, 5) is 0.389. The van der Waals surface area contributed by atoms with Crippen LogP contribution in [0.3, 0.4) is 0 Å². The van der Waals surface area contributed by atoms with Crippen LogP contribution in [0.2, 0.25) is 0 Å². The van der Waals surface area contributed by atoms with Crippen LogP contribution in [-0.2, 0) is 16.6 Å². The first-order valence-corrected chi connectivity index (χ1v) is 8.71. The lowest BCUT2D eigenvalue weighted by molar-refractivity contribution is 0.445. The summed E-state index contributed by atoms with van der Waals surface area (Å²) in [5.41, 5.74) is 2.17. The van der Waals surface area contributed by atoms with E-state index in [2.05, 4.69) is 12.2 Å². The summed E-state index contributed by atoms with van der Waals surface area (Å²) in [5, 5.41) is 3.32. The zero-order chi connectivity index (χ0) is 15.2. The van der Waals surface area contributed by atoms with Crippen LogP contribution in [0, 0.1) is 6.92 Å². The highest BCUT2D eigenvalue weighted by Crippen LogP contribution is 2.19. The largest absolute Gasteiger partial charge is 0.313 e. The van der Waals surface area contributed by atoms with E-state index in [1.165, 1.54) is 4.31 Å². The lowest BCUT2D eigenvalue weighted by atomic mass is 10.1. The molecule has 20 heavy (non-hydrogen) atoms. The summed E-state index contributed by atoms with van der Waals surface area (Å²) in [7, 11) is -3.37. The standard InChI is InChI=1S/C15H26N2O2S/c1-5-10-16-12-14-11-15(9-8-13(14)4)20(18,19)17(6-2)7-3/h8-9,11,16H,5-7,10,12H2,1-4H3. The van der Waals surface area contributed by atoms with Gasteiger partial charge in [0.25, 0.3) is 0 Å². The molecule has 1 aromatic rings. The SMILES string of the molecule is CCCNCc1cc(S(=O)(=O)N(CC)CC)ccc1C. The first-order valence-electron chi connectivity index (χ1n) is 7.27. The fourth-order valence-corrected chi connectivity index (χ4v) is 3.62. The van der Waals surface area contributed by atoms with E-state index in [0.717, 1.165) is 24.1 Å². The molecule has 1 aromatic carbocycles. The minimum atomic E-state index is -3.37. The quantitative estimate of drug-likeness (QED) is 0.750. The topological polar surface area (TPSA) is 49.4 Å². The van der Waals surface area contributed by atoms with Crippen molar-refractivity contribution in [3.8, 4) is 0 Å². The Morgan fingerprint density at radius 3 is 2.35 bits per heavy atom. The Hall–Kier alpha value is -0.910. The van der Waals surface area contributed by atoms with E-state index >= 15 is 0 Å². The molecule has 0 fully saturated rings. The number of rotatable bonds is 8. The molecule has 0 unspecified atom stereocenters. The molecule has 114 valence electrons. The average molecular weight is 298 g/mol. The molecular formula is C15H26N2O2S. The number of nitrogens with zero attached hydrogens (tertiary/aromatic N) is 1. The first-order chi connectivity index (χ1) is 9.47. The summed E-state index contributed by atoms with van der Waals surface area (Å²) in [6.07, 6.45) is 1.07. The molecule has 0 aromatic heterocycles. The Balaban J connectivity index is 3.05. The molecule has 0 spiro atoms. The van der Waals surface area contributed by atoms with Crippen LogP contribution in [0.5, 0.6) is 0 Å². The van der Waals surface area contributed by atoms with Crippen LogP contribution in [0.25, 0.3) is 0 Å². The van der Waals surface area contributed by atoms with E-state index in [0.29, 0.717) is 24.5 Å². The lowest BCUT2D eigenvalue weighted by Gasteiger charge is -2.19. The fourth-order valence-electron chi connectivity index (χ4n) is 2.11. The van der Waals surface area contributed by atoms with Gasteiger partial charge in [0.2, 0.25) is 10.0 Å². The van der Waals surface area contributed by atoms with Crippen molar-refractivity contribution in [2.45, 2.75) is 45.6 Å². The number of sulfonamides is 1. The zero-order valence-corrected chi connectivity index (χ0v) is 13.8. The van der Waals surface area contributed by atoms with Gasteiger partial charge < -0.3 is 5.32 Å². The molecule has 1 N–H and O–H groups in total. The van der Waals surface area contributed by atoms with Crippen molar-refractivity contribution in [2.24, 2.45) is 0 Å². The monoisotopic (exact) mass is 298 g/mol. The Kier molecular flexibility index (Phi) is 6.65. The highest BCUT2D eigenvalue weighted by Gasteiger charge is 2.21. The van der Waals surface area contributed by atoms with Crippen molar-refractivity contribution in [3.05, 3.63) is 29.3 Å². The van der Waals surface area contributed by atoms with Gasteiger partial charge in [-0.3, -0.25) is 0 Å². The molecule has 0 radical (unpaired) electrons. The van der Waals surface area contributed by atoms with E-state index in [1.54, 1.807) is 12.1 Å². The van der Waals surface area contributed by atoms with Gasteiger partial charge in [0, 0.05) is 19.6 Å². The molecule has 1 rings (SSSR count). The average Bonchev–Trinajstić information content (AvgIpc) is 2.42. The molecule has 0 atom stereocenters. The van der Waals surface area contributed by atoms with Crippen molar-refractivity contribution in [1.29, 1.82) is 0 Å². The molecule has 0 aliphatic carbocycles. The van der Waals surface area contributed by atoms with Crippen LogP contribution in [0.15, 0.2) is 23.1 Å². The number of benzene rings is 1. The van der Waals surface area contributed by atoms with Gasteiger partial charge in [0.05, 0.1) is 4.90 Å². The Morgan fingerprint density at radius 1 is 1.15 bits per heavy atom. The van der Waals surface area contributed by atoms with Gasteiger partial charge in [0.1, 0.15) is 0 Å². The summed E-state index contributed by atoms with van der Waals surface area (Å²) >= 11 is 0. The summed E-state index contributed by atoms with van der Waals surface area (Å²) in [6, 6.07) is 5.39. The molecule has 0 amide bonds. The highest BCUT2D eigenvalue weighted by atomic mass is 32.2. The van der Waals surface area contributed by atoms with E-state index in [-0.39, 0.29) is 0 Å². The highest BCUT2D eigenvalue weighted by molar-refractivity contribution is 7.89. The van der Waals surface area contributed by atoms with E-state index < -0.39 is 10.0 Å². The van der Waals surface area contributed by atoms with Gasteiger partial charge in [-0.2, -0.15) is 4.31 Å². The van der Waals surface area contributed by atoms with Gasteiger partial charge >= 0.3 is 0 Å². The van der Waals surface area contributed by atoms with Crippen LogP contribution in [-0.4, -0.2) is 32.4 Å². The third-order valence-corrected chi connectivity index (χ3v) is 5.45. The van der Waals surface area contributed by atoms with Gasteiger partial charge in [-0.15, -0.1) is 0 Å². The minimum absolute atomic E-state index is 0.389. The fraction of sp³-hybridized carbons (Fsp3) is 0.600. The van der Waals surface area contributed by atoms with E-state index in [1.807, 2.05) is 26.8 Å². The molecule has 0 saturated carbocycles. The molecule has 0 heterocycles. The van der Waals surface area contributed by atoms with Crippen molar-refractivity contribution >= 4 is 10.0 Å². The maximum absolute atomic E-state index is 12.5. The predicted molar refractivity (Wildman–Crippen MR) is 83.3 cm³/mol. The Bertz CT molecular complexity index is 523. The Labute approximate surface area is 123 Å². The van der Waals surface area contributed by atoms with Gasteiger partial charge in [-0.1, -0.05) is 26.8 Å². The first kappa shape index (κ1) is 17.1. The molecule has 5 heteroatoms. The van der Waals surface area contributed by atoms with Crippen LogP contribution in [0.4, 0.5) is 0 Å². The molecule has 0 aliphatic heterocycles. The second-order valence-electron chi connectivity index (χ2n) is 4.85. The third kappa shape index (κ3) is 4.04. The minimum Gasteiger partial charge on any atom is -0.313 e. The summed E-state index contributed by atoms with van der Waals surface area (Å²) in [6.45, 7) is 10.5. The van der Waals surface area contributed by atoms with Crippen LogP contribution in [0.1, 0.15) is 38.3 Å². The van der Waals surface area contributed by atoms with Crippen molar-refractivity contribution < 1.29 is 8.42 Å². The molecule has 0 bridgehead atoms. The van der Waals surface area contributed by atoms with Crippen molar-refractivity contribution in [1.82, 2.24) is 9.62 Å². The number of aryl methyl sites for hydroxylation is 1. The van der Waals surface area contributed by atoms with Crippen molar-refractivity contribution in [3.63, 3.8) is 0 Å².